The van der Waals surface area contributed by atoms with E-state index in [1.54, 1.807) is 47.2 Å². The number of allylic oxidation sites excluding steroid dienone is 4. The zero-order chi connectivity index (χ0) is 20.5. The zero-order valence-corrected chi connectivity index (χ0v) is 15.4. The first kappa shape index (κ1) is 20.4. The highest BCUT2D eigenvalue weighted by Crippen LogP contribution is 2.07. The second-order valence-electron chi connectivity index (χ2n) is 5.76. The van der Waals surface area contributed by atoms with Gasteiger partial charge in [0.2, 0.25) is 0 Å². The number of hydrogen-bond acceptors (Lipinski definition) is 5. The minimum absolute atomic E-state index is 0.117. The molecule has 0 unspecified atom stereocenters. The lowest BCUT2D eigenvalue weighted by molar-refractivity contribution is -0.119. The van der Waals surface area contributed by atoms with Crippen LogP contribution in [0, 0.1) is 0 Å². The molecule has 0 radical (unpaired) electrons. The Morgan fingerprint density at radius 2 is 2.07 bits per heavy atom. The number of carbonyl (C=O) groups excluding carboxylic acids is 3. The fourth-order valence-corrected chi connectivity index (χ4v) is 2.21. The van der Waals surface area contributed by atoms with Crippen LogP contribution in [-0.4, -0.2) is 27.5 Å². The molecule has 0 aromatic carbocycles. The van der Waals surface area contributed by atoms with Gasteiger partial charge in [0, 0.05) is 29.7 Å². The summed E-state index contributed by atoms with van der Waals surface area (Å²) in [5, 5.41) is 5.08. The number of imidazole rings is 1. The summed E-state index contributed by atoms with van der Waals surface area (Å²) in [6, 6.07) is 3.35. The zero-order valence-electron chi connectivity index (χ0n) is 15.4. The summed E-state index contributed by atoms with van der Waals surface area (Å²) in [6.45, 7) is 5.65. The molecular formula is C20H21N5O3. The highest BCUT2D eigenvalue weighted by molar-refractivity contribution is 6.00. The summed E-state index contributed by atoms with van der Waals surface area (Å²) in [5.74, 6) is -1.16. The van der Waals surface area contributed by atoms with Crippen LogP contribution in [0.2, 0.25) is 0 Å². The van der Waals surface area contributed by atoms with Crippen LogP contribution in [0.4, 0.5) is 0 Å². The third kappa shape index (κ3) is 5.80. The van der Waals surface area contributed by atoms with Gasteiger partial charge in [0.1, 0.15) is 11.3 Å². The molecule has 0 atom stereocenters. The van der Waals surface area contributed by atoms with E-state index in [2.05, 4.69) is 22.2 Å². The molecule has 0 bridgehead atoms. The smallest absolute Gasteiger partial charge is 0.267 e. The molecule has 0 aliphatic carbocycles. The van der Waals surface area contributed by atoms with E-state index in [0.717, 1.165) is 12.4 Å². The molecule has 0 saturated heterocycles. The number of aldehydes is 1. The maximum atomic E-state index is 12.1. The Balaban J connectivity index is 1.92. The van der Waals surface area contributed by atoms with Crippen molar-refractivity contribution >= 4 is 23.7 Å². The average Bonchev–Trinajstić information content (AvgIpc) is 3.07. The van der Waals surface area contributed by atoms with E-state index >= 15 is 0 Å². The van der Waals surface area contributed by atoms with E-state index in [4.69, 9.17) is 5.73 Å². The quantitative estimate of drug-likeness (QED) is 0.364. The lowest BCUT2D eigenvalue weighted by Crippen LogP contribution is -2.30. The highest BCUT2D eigenvalue weighted by atomic mass is 16.2. The maximum absolute atomic E-state index is 12.1. The summed E-state index contributed by atoms with van der Waals surface area (Å²) in [4.78, 5) is 39.0. The molecule has 2 rings (SSSR count). The van der Waals surface area contributed by atoms with Crippen LogP contribution in [0.3, 0.4) is 0 Å². The Hall–Kier alpha value is -3.94. The lowest BCUT2D eigenvalue weighted by Gasteiger charge is -2.04. The second kappa shape index (κ2) is 9.67. The molecule has 0 aliphatic rings. The normalized spacial score (nSPS) is 11.8. The molecule has 2 heterocycles. The highest BCUT2D eigenvalue weighted by Gasteiger charge is 2.09. The number of nitrogens with one attached hydrogen (secondary N) is 2. The molecular weight excluding hydrogens is 358 g/mol. The van der Waals surface area contributed by atoms with E-state index < -0.39 is 11.8 Å². The third-order valence-electron chi connectivity index (χ3n) is 3.52. The van der Waals surface area contributed by atoms with Crippen LogP contribution in [0.15, 0.2) is 72.9 Å². The Morgan fingerprint density at radius 1 is 1.29 bits per heavy atom. The van der Waals surface area contributed by atoms with Gasteiger partial charge in [-0.3, -0.25) is 14.4 Å². The number of nitrogens with two attached hydrogens (primary N) is 1. The largest absolute Gasteiger partial charge is 0.394 e. The topological polar surface area (TPSA) is 119 Å². The predicted octanol–water partition coefficient (Wildman–Crippen LogP) is 1.37. The number of amides is 2. The Morgan fingerprint density at radius 3 is 2.79 bits per heavy atom. The molecule has 8 nitrogen and oxygen atoms in total. The van der Waals surface area contributed by atoms with Gasteiger partial charge < -0.3 is 20.8 Å². The Bertz CT molecular complexity index is 998. The molecule has 0 spiro atoms. The van der Waals surface area contributed by atoms with Crippen LogP contribution in [-0.2, 0) is 16.1 Å². The molecule has 0 saturated carbocycles. The summed E-state index contributed by atoms with van der Waals surface area (Å²) < 4.78 is 1.69. The third-order valence-corrected chi connectivity index (χ3v) is 3.52. The van der Waals surface area contributed by atoms with Crippen molar-refractivity contribution in [3.05, 3.63) is 84.1 Å². The van der Waals surface area contributed by atoms with Gasteiger partial charge in [0.25, 0.3) is 11.8 Å². The van der Waals surface area contributed by atoms with Crippen molar-refractivity contribution in [2.75, 3.05) is 0 Å². The number of aromatic nitrogens is 2. The Labute approximate surface area is 162 Å². The van der Waals surface area contributed by atoms with Gasteiger partial charge in [-0.05, 0) is 25.1 Å². The van der Waals surface area contributed by atoms with E-state index in [1.807, 2.05) is 13.0 Å². The van der Waals surface area contributed by atoms with Crippen molar-refractivity contribution in [2.24, 2.45) is 5.73 Å². The van der Waals surface area contributed by atoms with Gasteiger partial charge in [0.05, 0.1) is 12.2 Å². The van der Waals surface area contributed by atoms with Crippen molar-refractivity contribution in [1.29, 1.82) is 0 Å². The number of rotatable bonds is 8. The van der Waals surface area contributed by atoms with Crippen molar-refractivity contribution in [2.45, 2.75) is 13.5 Å². The fourth-order valence-electron chi connectivity index (χ4n) is 2.21. The van der Waals surface area contributed by atoms with E-state index in [1.165, 1.54) is 0 Å². The van der Waals surface area contributed by atoms with Crippen LogP contribution in [0.25, 0.3) is 5.65 Å². The number of pyridine rings is 1. The van der Waals surface area contributed by atoms with Crippen molar-refractivity contribution in [1.82, 2.24) is 20.0 Å². The summed E-state index contributed by atoms with van der Waals surface area (Å²) >= 11 is 0. The number of fused-ring (bicyclic) bond motifs is 1. The minimum Gasteiger partial charge on any atom is -0.394 e. The molecule has 0 aliphatic heterocycles. The van der Waals surface area contributed by atoms with Gasteiger partial charge in [-0.15, -0.1) is 0 Å². The molecule has 4 N–H and O–H groups in total. The number of hydrogen-bond donors (Lipinski definition) is 3. The molecule has 2 amide bonds. The van der Waals surface area contributed by atoms with Crippen LogP contribution in [0.5, 0.6) is 0 Å². The molecule has 144 valence electrons. The first-order valence-electron chi connectivity index (χ1n) is 8.40. The van der Waals surface area contributed by atoms with E-state index in [0.29, 0.717) is 22.6 Å². The monoisotopic (exact) mass is 379 g/mol. The molecule has 8 heteroatoms. The molecule has 2 aromatic heterocycles. The summed E-state index contributed by atoms with van der Waals surface area (Å²) in [5.41, 5.74) is 7.52. The summed E-state index contributed by atoms with van der Waals surface area (Å²) in [7, 11) is 0. The van der Waals surface area contributed by atoms with Crippen LogP contribution >= 0.6 is 0 Å². The van der Waals surface area contributed by atoms with Gasteiger partial charge in [-0.1, -0.05) is 24.8 Å². The van der Waals surface area contributed by atoms with E-state index in [-0.39, 0.29) is 12.2 Å². The minimum atomic E-state index is -0.601. The molecule has 28 heavy (non-hydrogen) atoms. The van der Waals surface area contributed by atoms with Gasteiger partial charge in [0.15, 0.2) is 6.29 Å². The fraction of sp³-hybridized carbons (Fsp3) is 0.100. The Kier molecular flexibility index (Phi) is 7.04. The first-order chi connectivity index (χ1) is 13.4. The number of nitrogens with zero attached hydrogens (tertiary/aromatic N) is 2. The number of carbonyl (C=O) groups is 3. The van der Waals surface area contributed by atoms with Crippen LogP contribution < -0.4 is 16.4 Å². The SMILES string of the molecule is C=C(/C=C\C=C/C)NC(=O)/C=C(\N)C(=O)NCc1cn2cc(C=O)ccc2n1. The van der Waals surface area contributed by atoms with Crippen LogP contribution in [0.1, 0.15) is 23.0 Å². The van der Waals surface area contributed by atoms with Gasteiger partial charge in [-0.25, -0.2) is 4.98 Å². The van der Waals surface area contributed by atoms with Crippen molar-refractivity contribution in [3.63, 3.8) is 0 Å². The first-order valence-corrected chi connectivity index (χ1v) is 8.40. The van der Waals surface area contributed by atoms with Gasteiger partial charge >= 0.3 is 0 Å². The summed E-state index contributed by atoms with van der Waals surface area (Å²) in [6.07, 6.45) is 12.0. The second-order valence-corrected chi connectivity index (χ2v) is 5.76. The van der Waals surface area contributed by atoms with Gasteiger partial charge in [-0.2, -0.15) is 0 Å². The molecule has 2 aromatic rings. The van der Waals surface area contributed by atoms with E-state index in [9.17, 15) is 14.4 Å². The average molecular weight is 379 g/mol. The lowest BCUT2D eigenvalue weighted by atomic mass is 10.3. The standard InChI is InChI=1S/C20H21N5O3/c1-3-4-5-6-14(2)23-19(27)9-17(21)20(28)22-10-16-12-25-11-15(13-26)7-8-18(25)24-16/h3-9,11-13H,2,10,21H2,1H3,(H,22,28)(H,23,27)/b4-3-,6-5-,17-9-. The molecule has 0 fully saturated rings. The van der Waals surface area contributed by atoms with Crippen molar-refractivity contribution < 1.29 is 14.4 Å². The maximum Gasteiger partial charge on any atom is 0.267 e. The van der Waals surface area contributed by atoms with Crippen molar-refractivity contribution in [3.8, 4) is 0 Å². The predicted molar refractivity (Wildman–Crippen MR) is 106 cm³/mol.